The van der Waals surface area contributed by atoms with Crippen LogP contribution in [-0.2, 0) is 0 Å². The highest BCUT2D eigenvalue weighted by Gasteiger charge is 2.24. The first kappa shape index (κ1) is 14.9. The number of piperazine rings is 1. The van der Waals surface area contributed by atoms with Crippen LogP contribution < -0.4 is 5.73 Å². The molecule has 2 unspecified atom stereocenters. The maximum atomic E-state index is 5.89. The molecule has 1 rings (SSSR count). The van der Waals surface area contributed by atoms with Gasteiger partial charge in [-0.1, -0.05) is 20.8 Å². The average molecular weight is 241 g/mol. The third kappa shape index (κ3) is 4.94. The molecule has 1 aliphatic heterocycles. The van der Waals surface area contributed by atoms with Crippen molar-refractivity contribution in [2.75, 3.05) is 39.3 Å². The maximum Gasteiger partial charge on any atom is 0.0195 e. The summed E-state index contributed by atoms with van der Waals surface area (Å²) in [5.74, 6) is 1.44. The normalized spacial score (nSPS) is 25.4. The lowest BCUT2D eigenvalue weighted by atomic mass is 9.96. The Morgan fingerprint density at radius 1 is 1.29 bits per heavy atom. The molecule has 3 nitrogen and oxygen atoms in total. The van der Waals surface area contributed by atoms with E-state index in [4.69, 9.17) is 5.73 Å². The van der Waals surface area contributed by atoms with Crippen LogP contribution >= 0.6 is 0 Å². The minimum absolute atomic E-state index is 0.676. The number of likely N-dealkylation sites (N-methyl/N-ethyl adjacent to an activating group) is 1. The predicted octanol–water partition coefficient (Wildman–Crippen LogP) is 1.63. The quantitative estimate of drug-likeness (QED) is 0.767. The van der Waals surface area contributed by atoms with Crippen LogP contribution in [-0.4, -0.2) is 55.1 Å². The van der Waals surface area contributed by atoms with E-state index < -0.39 is 0 Å². The summed E-state index contributed by atoms with van der Waals surface area (Å²) in [4.78, 5) is 5.17. The van der Waals surface area contributed by atoms with Crippen LogP contribution in [0.1, 0.15) is 34.1 Å². The van der Waals surface area contributed by atoms with Crippen LogP contribution in [0.3, 0.4) is 0 Å². The Bertz CT molecular complexity index is 206. The van der Waals surface area contributed by atoms with E-state index in [1.807, 2.05) is 0 Å². The molecule has 3 heteroatoms. The molecule has 0 bridgehead atoms. The van der Waals surface area contributed by atoms with Crippen molar-refractivity contribution < 1.29 is 0 Å². The molecular formula is C14H31N3. The van der Waals surface area contributed by atoms with E-state index in [0.29, 0.717) is 12.0 Å². The summed E-state index contributed by atoms with van der Waals surface area (Å²) < 4.78 is 0. The van der Waals surface area contributed by atoms with Gasteiger partial charge in [-0.3, -0.25) is 4.90 Å². The molecule has 0 aliphatic carbocycles. The van der Waals surface area contributed by atoms with Crippen LogP contribution in [0.25, 0.3) is 0 Å². The first-order chi connectivity index (χ1) is 8.06. The lowest BCUT2D eigenvalue weighted by Gasteiger charge is -2.40. The fraction of sp³-hybridized carbons (Fsp3) is 1.00. The first-order valence-electron chi connectivity index (χ1n) is 7.23. The molecule has 1 fully saturated rings. The summed E-state index contributed by atoms with van der Waals surface area (Å²) in [7, 11) is 0. The molecule has 2 N–H and O–H groups in total. The second-order valence-corrected chi connectivity index (χ2v) is 5.97. The predicted molar refractivity (Wildman–Crippen MR) is 75.1 cm³/mol. The fourth-order valence-electron chi connectivity index (χ4n) is 2.98. The van der Waals surface area contributed by atoms with Gasteiger partial charge in [0.1, 0.15) is 0 Å². The summed E-state index contributed by atoms with van der Waals surface area (Å²) in [5, 5.41) is 0. The van der Waals surface area contributed by atoms with Gasteiger partial charge in [0.25, 0.3) is 0 Å². The van der Waals surface area contributed by atoms with E-state index in [2.05, 4.69) is 37.5 Å². The van der Waals surface area contributed by atoms with Gasteiger partial charge in [-0.15, -0.1) is 0 Å². The Hall–Kier alpha value is -0.120. The zero-order chi connectivity index (χ0) is 12.8. The minimum Gasteiger partial charge on any atom is -0.330 e. The van der Waals surface area contributed by atoms with Gasteiger partial charge in [-0.05, 0) is 38.3 Å². The maximum absolute atomic E-state index is 5.89. The third-order valence-electron chi connectivity index (χ3n) is 3.91. The molecule has 0 saturated carbocycles. The minimum atomic E-state index is 0.676. The van der Waals surface area contributed by atoms with Crippen molar-refractivity contribution in [3.8, 4) is 0 Å². The van der Waals surface area contributed by atoms with E-state index in [0.717, 1.165) is 12.5 Å². The molecule has 102 valence electrons. The number of nitrogens with zero attached hydrogens (tertiary/aromatic N) is 2. The molecule has 2 atom stereocenters. The highest BCUT2D eigenvalue weighted by Crippen LogP contribution is 2.15. The van der Waals surface area contributed by atoms with Gasteiger partial charge in [-0.2, -0.15) is 0 Å². The van der Waals surface area contributed by atoms with Crippen molar-refractivity contribution in [1.29, 1.82) is 0 Å². The summed E-state index contributed by atoms with van der Waals surface area (Å²) in [5.41, 5.74) is 5.89. The average Bonchev–Trinajstić information content (AvgIpc) is 2.27. The molecule has 0 aromatic carbocycles. The smallest absolute Gasteiger partial charge is 0.0195 e. The SMILES string of the molecule is CCN1CCN(CC(CN)CC(C)C)CC1C. The van der Waals surface area contributed by atoms with Crippen molar-refractivity contribution in [2.24, 2.45) is 17.6 Å². The van der Waals surface area contributed by atoms with Crippen molar-refractivity contribution in [2.45, 2.75) is 40.2 Å². The Balaban J connectivity index is 2.36. The molecule has 1 saturated heterocycles. The molecule has 0 spiro atoms. The van der Waals surface area contributed by atoms with E-state index in [1.165, 1.54) is 39.1 Å². The summed E-state index contributed by atoms with van der Waals surface area (Å²) in [6.45, 7) is 16.0. The van der Waals surface area contributed by atoms with Gasteiger partial charge in [0.2, 0.25) is 0 Å². The van der Waals surface area contributed by atoms with Crippen molar-refractivity contribution in [1.82, 2.24) is 9.80 Å². The van der Waals surface area contributed by atoms with Gasteiger partial charge < -0.3 is 10.6 Å². The van der Waals surface area contributed by atoms with E-state index in [-0.39, 0.29) is 0 Å². The van der Waals surface area contributed by atoms with E-state index in [9.17, 15) is 0 Å². The summed E-state index contributed by atoms with van der Waals surface area (Å²) in [6, 6.07) is 0.700. The molecular weight excluding hydrogens is 210 g/mol. The summed E-state index contributed by atoms with van der Waals surface area (Å²) in [6.07, 6.45) is 1.26. The van der Waals surface area contributed by atoms with Crippen LogP contribution in [0.2, 0.25) is 0 Å². The fourth-order valence-corrected chi connectivity index (χ4v) is 2.98. The van der Waals surface area contributed by atoms with Gasteiger partial charge in [0.05, 0.1) is 0 Å². The lowest BCUT2D eigenvalue weighted by molar-refractivity contribution is 0.0754. The zero-order valence-electron chi connectivity index (χ0n) is 12.2. The molecule has 17 heavy (non-hydrogen) atoms. The number of rotatable bonds is 6. The van der Waals surface area contributed by atoms with Crippen LogP contribution in [0.5, 0.6) is 0 Å². The second-order valence-electron chi connectivity index (χ2n) is 5.97. The number of hydrogen-bond donors (Lipinski definition) is 1. The number of nitrogens with two attached hydrogens (primary N) is 1. The summed E-state index contributed by atoms with van der Waals surface area (Å²) >= 11 is 0. The van der Waals surface area contributed by atoms with E-state index in [1.54, 1.807) is 0 Å². The Labute approximate surface area is 107 Å². The second kappa shape index (κ2) is 7.34. The third-order valence-corrected chi connectivity index (χ3v) is 3.91. The first-order valence-corrected chi connectivity index (χ1v) is 7.23. The molecule has 0 aromatic rings. The lowest BCUT2D eigenvalue weighted by Crippen LogP contribution is -2.53. The van der Waals surface area contributed by atoms with Crippen LogP contribution in [0.15, 0.2) is 0 Å². The zero-order valence-corrected chi connectivity index (χ0v) is 12.2. The van der Waals surface area contributed by atoms with Gasteiger partial charge >= 0.3 is 0 Å². The van der Waals surface area contributed by atoms with Crippen LogP contribution in [0.4, 0.5) is 0 Å². The van der Waals surface area contributed by atoms with Crippen molar-refractivity contribution >= 4 is 0 Å². The Morgan fingerprint density at radius 3 is 2.47 bits per heavy atom. The molecule has 0 radical (unpaired) electrons. The Kier molecular flexibility index (Phi) is 6.45. The number of hydrogen-bond acceptors (Lipinski definition) is 3. The highest BCUT2D eigenvalue weighted by atomic mass is 15.3. The van der Waals surface area contributed by atoms with Gasteiger partial charge in [-0.25, -0.2) is 0 Å². The Morgan fingerprint density at radius 2 is 2.00 bits per heavy atom. The van der Waals surface area contributed by atoms with E-state index >= 15 is 0 Å². The molecule has 0 amide bonds. The topological polar surface area (TPSA) is 32.5 Å². The molecule has 1 aliphatic rings. The highest BCUT2D eigenvalue weighted by molar-refractivity contribution is 4.80. The van der Waals surface area contributed by atoms with Crippen LogP contribution in [0, 0.1) is 11.8 Å². The van der Waals surface area contributed by atoms with Crippen molar-refractivity contribution in [3.05, 3.63) is 0 Å². The molecule has 0 aromatic heterocycles. The monoisotopic (exact) mass is 241 g/mol. The molecule has 1 heterocycles. The van der Waals surface area contributed by atoms with Crippen molar-refractivity contribution in [3.63, 3.8) is 0 Å². The standard InChI is InChI=1S/C14H31N3/c1-5-17-7-6-16(10-13(17)4)11-14(9-15)8-12(2)3/h12-14H,5-11,15H2,1-4H3. The van der Waals surface area contributed by atoms with Gasteiger partial charge in [0, 0.05) is 32.2 Å². The van der Waals surface area contributed by atoms with Gasteiger partial charge in [0.15, 0.2) is 0 Å². The largest absolute Gasteiger partial charge is 0.330 e.